The Hall–Kier alpha value is -0.840. The number of aromatic nitrogens is 2. The van der Waals surface area contributed by atoms with E-state index in [1.54, 1.807) is 6.20 Å². The zero-order valence-corrected chi connectivity index (χ0v) is 13.6. The van der Waals surface area contributed by atoms with E-state index in [9.17, 15) is 4.79 Å². The van der Waals surface area contributed by atoms with Crippen LogP contribution in [0.2, 0.25) is 0 Å². The molecular weight excluding hydrogens is 306 g/mol. The molecule has 5 heteroatoms. The van der Waals surface area contributed by atoms with E-state index in [4.69, 9.17) is 0 Å². The molecule has 1 aliphatic carbocycles. The monoisotopic (exact) mass is 327 g/mol. The summed E-state index contributed by atoms with van der Waals surface area (Å²) in [6, 6.07) is 0.0725. The van der Waals surface area contributed by atoms with Crippen molar-refractivity contribution in [2.24, 2.45) is 11.3 Å². The highest BCUT2D eigenvalue weighted by Crippen LogP contribution is 2.51. The molecular formula is C14H22BrN3O. The fourth-order valence-corrected chi connectivity index (χ4v) is 2.75. The van der Waals surface area contributed by atoms with Crippen LogP contribution in [0.15, 0.2) is 15.5 Å². The Kier molecular flexibility index (Phi) is 4.04. The third-order valence-electron chi connectivity index (χ3n) is 4.18. The Morgan fingerprint density at radius 3 is 2.53 bits per heavy atom. The van der Waals surface area contributed by atoms with Crippen LogP contribution in [0.1, 0.15) is 46.6 Å². The first-order valence-corrected chi connectivity index (χ1v) is 7.68. The Morgan fingerprint density at radius 1 is 1.42 bits per heavy atom. The highest BCUT2D eigenvalue weighted by atomic mass is 79.9. The third-order valence-corrected chi connectivity index (χ3v) is 4.95. The zero-order valence-electron chi connectivity index (χ0n) is 12.0. The molecule has 19 heavy (non-hydrogen) atoms. The Labute approximate surface area is 122 Å². The second-order valence-electron chi connectivity index (χ2n) is 6.09. The molecule has 1 aromatic rings. The molecule has 4 nitrogen and oxygen atoms in total. The van der Waals surface area contributed by atoms with E-state index in [-0.39, 0.29) is 11.6 Å². The molecule has 1 N–H and O–H groups in total. The summed E-state index contributed by atoms with van der Waals surface area (Å²) in [4.78, 5) is 12.1. The van der Waals surface area contributed by atoms with Crippen molar-refractivity contribution in [3.63, 3.8) is 0 Å². The summed E-state index contributed by atoms with van der Waals surface area (Å²) in [6.45, 7) is 9.34. The zero-order chi connectivity index (χ0) is 14.2. The van der Waals surface area contributed by atoms with Crippen LogP contribution in [0.3, 0.4) is 0 Å². The van der Waals surface area contributed by atoms with Crippen LogP contribution in [0.4, 0.5) is 5.69 Å². The van der Waals surface area contributed by atoms with Crippen molar-refractivity contribution in [1.29, 1.82) is 0 Å². The summed E-state index contributed by atoms with van der Waals surface area (Å²) in [5.74, 6) is 0.669. The van der Waals surface area contributed by atoms with E-state index in [1.165, 1.54) is 17.5 Å². The Morgan fingerprint density at radius 2 is 2.05 bits per heavy atom. The molecule has 0 saturated heterocycles. The number of nitrogens with zero attached hydrogens (tertiary/aromatic N) is 2. The van der Waals surface area contributed by atoms with Gasteiger partial charge in [-0.2, -0.15) is 5.10 Å². The molecule has 0 aromatic carbocycles. The van der Waals surface area contributed by atoms with Gasteiger partial charge in [0.15, 0.2) is 0 Å². The molecule has 0 aliphatic heterocycles. The maximum absolute atomic E-state index is 12.1. The van der Waals surface area contributed by atoms with Gasteiger partial charge in [0.25, 0.3) is 5.56 Å². The topological polar surface area (TPSA) is 46.9 Å². The van der Waals surface area contributed by atoms with Crippen LogP contribution < -0.4 is 10.9 Å². The minimum atomic E-state index is -0.0746. The van der Waals surface area contributed by atoms with E-state index >= 15 is 0 Å². The second kappa shape index (κ2) is 5.27. The molecule has 0 unspecified atom stereocenters. The quantitative estimate of drug-likeness (QED) is 0.901. The van der Waals surface area contributed by atoms with E-state index in [1.807, 2.05) is 13.8 Å². The van der Waals surface area contributed by atoms with Gasteiger partial charge in [0.05, 0.1) is 17.9 Å². The van der Waals surface area contributed by atoms with Gasteiger partial charge in [-0.25, -0.2) is 4.68 Å². The number of nitrogens with one attached hydrogen (secondary N) is 1. The van der Waals surface area contributed by atoms with E-state index in [2.05, 4.69) is 40.2 Å². The van der Waals surface area contributed by atoms with Crippen molar-refractivity contribution < 1.29 is 0 Å². The molecule has 106 valence electrons. The summed E-state index contributed by atoms with van der Waals surface area (Å²) in [5, 5.41) is 7.60. The molecule has 0 amide bonds. The number of hydrogen-bond acceptors (Lipinski definition) is 3. The average molecular weight is 328 g/mol. The van der Waals surface area contributed by atoms with Crippen molar-refractivity contribution in [3.05, 3.63) is 21.0 Å². The van der Waals surface area contributed by atoms with Gasteiger partial charge < -0.3 is 5.32 Å². The van der Waals surface area contributed by atoms with Crippen molar-refractivity contribution in [2.45, 2.75) is 46.6 Å². The summed E-state index contributed by atoms with van der Waals surface area (Å²) in [6.07, 6.45) is 4.28. The molecule has 1 aromatic heterocycles. The van der Waals surface area contributed by atoms with E-state index in [0.717, 1.165) is 12.2 Å². The first-order valence-electron chi connectivity index (χ1n) is 6.88. The summed E-state index contributed by atoms with van der Waals surface area (Å²) < 4.78 is 2.07. The number of rotatable bonds is 5. The van der Waals surface area contributed by atoms with Crippen LogP contribution in [-0.4, -0.2) is 16.3 Å². The van der Waals surface area contributed by atoms with Crippen molar-refractivity contribution in [3.8, 4) is 0 Å². The molecule has 0 bridgehead atoms. The van der Waals surface area contributed by atoms with Gasteiger partial charge in [-0.05, 0) is 54.0 Å². The smallest absolute Gasteiger partial charge is 0.283 e. The summed E-state index contributed by atoms with van der Waals surface area (Å²) in [5.41, 5.74) is 1.13. The predicted molar refractivity (Wildman–Crippen MR) is 81.6 cm³/mol. The number of halogens is 1. The van der Waals surface area contributed by atoms with Crippen molar-refractivity contribution >= 4 is 21.6 Å². The van der Waals surface area contributed by atoms with Gasteiger partial charge in [0, 0.05) is 6.54 Å². The van der Waals surface area contributed by atoms with Crippen LogP contribution in [0, 0.1) is 11.3 Å². The fourth-order valence-electron chi connectivity index (χ4n) is 2.33. The Balaban J connectivity index is 2.14. The fraction of sp³-hybridized carbons (Fsp3) is 0.714. The van der Waals surface area contributed by atoms with Gasteiger partial charge >= 0.3 is 0 Å². The van der Waals surface area contributed by atoms with Gasteiger partial charge in [-0.3, -0.25) is 4.79 Å². The highest BCUT2D eigenvalue weighted by Gasteiger charge is 2.45. The normalized spacial score (nSPS) is 17.0. The maximum atomic E-state index is 12.1. The lowest BCUT2D eigenvalue weighted by molar-refractivity contribution is 0.380. The molecule has 1 fully saturated rings. The molecule has 0 atom stereocenters. The van der Waals surface area contributed by atoms with Gasteiger partial charge in [-0.15, -0.1) is 0 Å². The van der Waals surface area contributed by atoms with Gasteiger partial charge in [-0.1, -0.05) is 13.8 Å². The maximum Gasteiger partial charge on any atom is 0.283 e. The lowest BCUT2D eigenvalue weighted by atomic mass is 9.92. The largest absolute Gasteiger partial charge is 0.382 e. The summed E-state index contributed by atoms with van der Waals surface area (Å²) >= 11 is 3.39. The first-order chi connectivity index (χ1) is 8.87. The minimum absolute atomic E-state index is 0.0725. The Bertz CT molecular complexity index is 518. The molecule has 1 aliphatic rings. The molecule has 1 heterocycles. The third kappa shape index (κ3) is 2.86. The average Bonchev–Trinajstić information content (AvgIpc) is 3.11. The second-order valence-corrected chi connectivity index (χ2v) is 6.88. The lowest BCUT2D eigenvalue weighted by Gasteiger charge is -2.21. The van der Waals surface area contributed by atoms with Crippen LogP contribution in [-0.2, 0) is 0 Å². The number of anilines is 1. The first kappa shape index (κ1) is 14.6. The standard InChI is InChI=1S/C14H22BrN3O/c1-9(2)14(5-6-14)8-16-11-7-17-18(10(3)4)13(19)12(11)15/h7,9-10,16H,5-6,8H2,1-4H3. The SMILES string of the molecule is CC(C)n1ncc(NCC2(C(C)C)CC2)c(Br)c1=O. The van der Waals surface area contributed by atoms with Crippen LogP contribution in [0.5, 0.6) is 0 Å². The molecule has 1 saturated carbocycles. The van der Waals surface area contributed by atoms with Crippen molar-refractivity contribution in [2.75, 3.05) is 11.9 Å². The summed E-state index contributed by atoms with van der Waals surface area (Å²) in [7, 11) is 0. The molecule has 2 rings (SSSR count). The van der Waals surface area contributed by atoms with Gasteiger partial charge in [0.2, 0.25) is 0 Å². The number of hydrogen-bond donors (Lipinski definition) is 1. The minimum Gasteiger partial charge on any atom is -0.382 e. The lowest BCUT2D eigenvalue weighted by Crippen LogP contribution is -2.27. The van der Waals surface area contributed by atoms with E-state index in [0.29, 0.717) is 15.8 Å². The van der Waals surface area contributed by atoms with Crippen LogP contribution >= 0.6 is 15.9 Å². The molecule has 0 spiro atoms. The van der Waals surface area contributed by atoms with Crippen molar-refractivity contribution in [1.82, 2.24) is 9.78 Å². The van der Waals surface area contributed by atoms with E-state index < -0.39 is 0 Å². The van der Waals surface area contributed by atoms with Gasteiger partial charge in [0.1, 0.15) is 4.47 Å². The van der Waals surface area contributed by atoms with Crippen LogP contribution in [0.25, 0.3) is 0 Å². The molecule has 0 radical (unpaired) electrons. The predicted octanol–water partition coefficient (Wildman–Crippen LogP) is 3.43. The highest BCUT2D eigenvalue weighted by molar-refractivity contribution is 9.10.